The number of pyridine rings is 1. The second-order valence-corrected chi connectivity index (χ2v) is 9.06. The molecule has 2 aromatic heterocycles. The van der Waals surface area contributed by atoms with Gasteiger partial charge in [0.1, 0.15) is 23.2 Å². The van der Waals surface area contributed by atoms with Crippen LogP contribution in [0.2, 0.25) is 0 Å². The van der Waals surface area contributed by atoms with Gasteiger partial charge in [-0.3, -0.25) is 14.6 Å². The first-order valence-electron chi connectivity index (χ1n) is 10.8. The number of aromatic nitrogens is 1. The lowest BCUT2D eigenvalue weighted by molar-refractivity contribution is -0.181. The summed E-state index contributed by atoms with van der Waals surface area (Å²) in [7, 11) is 0. The van der Waals surface area contributed by atoms with Crippen LogP contribution >= 0.6 is 0 Å². The molecule has 0 aromatic carbocycles. The molecule has 1 fully saturated rings. The molecule has 1 aliphatic heterocycles. The topological polar surface area (TPSA) is 116 Å². The normalized spacial score (nSPS) is 28.7. The Hall–Kier alpha value is -3.00. The molecule has 2 aromatic rings. The van der Waals surface area contributed by atoms with E-state index in [-0.39, 0.29) is 23.0 Å². The zero-order chi connectivity index (χ0) is 23.3. The van der Waals surface area contributed by atoms with Crippen LogP contribution in [0.25, 0.3) is 11.3 Å². The smallest absolute Gasteiger partial charge is 0.351 e. The molecule has 0 radical (unpaired) electrons. The fraction of sp³-hybridized carbons (Fsp3) is 0.500. The predicted octanol–water partition coefficient (Wildman–Crippen LogP) is 3.15. The van der Waals surface area contributed by atoms with E-state index >= 15 is 0 Å². The van der Waals surface area contributed by atoms with Crippen LogP contribution in [0.1, 0.15) is 57.3 Å². The molecule has 0 bridgehead atoms. The van der Waals surface area contributed by atoms with E-state index < -0.39 is 40.6 Å². The highest BCUT2D eigenvalue weighted by atomic mass is 16.6. The molecule has 1 saturated carbocycles. The quantitative estimate of drug-likeness (QED) is 0.720. The van der Waals surface area contributed by atoms with Gasteiger partial charge in [0.15, 0.2) is 11.4 Å². The van der Waals surface area contributed by atoms with E-state index in [9.17, 15) is 19.5 Å². The molecule has 3 heterocycles. The summed E-state index contributed by atoms with van der Waals surface area (Å²) in [5.74, 6) is -1.69. The number of fused-ring (bicyclic) bond motifs is 2. The Labute approximate surface area is 185 Å². The average molecular weight is 441 g/mol. The van der Waals surface area contributed by atoms with Crippen molar-refractivity contribution in [1.29, 1.82) is 0 Å². The largest absolute Gasteiger partial charge is 0.482 e. The van der Waals surface area contributed by atoms with Gasteiger partial charge in [0.05, 0.1) is 11.5 Å². The maximum absolute atomic E-state index is 13.5. The fourth-order valence-corrected chi connectivity index (χ4v) is 4.83. The van der Waals surface area contributed by atoms with Crippen molar-refractivity contribution in [3.05, 3.63) is 46.6 Å². The second kappa shape index (κ2) is 7.85. The number of ether oxygens (including phenoxy) is 2. The lowest BCUT2D eigenvalue weighted by atomic mass is 9.62. The monoisotopic (exact) mass is 441 g/mol. The number of carbonyl (C=O) groups excluding carboxylic acids is 2. The van der Waals surface area contributed by atoms with Crippen molar-refractivity contribution in [3.8, 4) is 17.1 Å². The SMILES string of the molecule is CCC(C)(O)[C@@H]1C[C@@H]2C(=O)c3c(cc(-c4cccnc4)oc3=O)O[C@@]2(C)[C@H](OC(C)=O)C1. The summed E-state index contributed by atoms with van der Waals surface area (Å²) in [6.07, 6.45) is 3.48. The first-order valence-corrected chi connectivity index (χ1v) is 10.8. The molecule has 0 amide bonds. The molecule has 1 N–H and O–H groups in total. The van der Waals surface area contributed by atoms with Crippen molar-refractivity contribution in [3.63, 3.8) is 0 Å². The lowest BCUT2D eigenvalue weighted by Crippen LogP contribution is -2.63. The van der Waals surface area contributed by atoms with Crippen molar-refractivity contribution in [2.75, 3.05) is 0 Å². The molecule has 170 valence electrons. The number of rotatable bonds is 4. The van der Waals surface area contributed by atoms with Crippen molar-refractivity contribution in [2.45, 2.75) is 64.3 Å². The Morgan fingerprint density at radius 1 is 1.38 bits per heavy atom. The van der Waals surface area contributed by atoms with Crippen LogP contribution in [-0.2, 0) is 9.53 Å². The molecule has 5 atom stereocenters. The van der Waals surface area contributed by atoms with Crippen LogP contribution in [0.3, 0.4) is 0 Å². The van der Waals surface area contributed by atoms with E-state index in [0.717, 1.165) is 0 Å². The lowest BCUT2D eigenvalue weighted by Gasteiger charge is -2.52. The minimum Gasteiger partial charge on any atom is -0.482 e. The predicted molar refractivity (Wildman–Crippen MR) is 114 cm³/mol. The first kappa shape index (κ1) is 22.2. The second-order valence-electron chi connectivity index (χ2n) is 9.06. The summed E-state index contributed by atoms with van der Waals surface area (Å²) < 4.78 is 17.3. The van der Waals surface area contributed by atoms with Gasteiger partial charge in [-0.05, 0) is 51.2 Å². The van der Waals surface area contributed by atoms with Crippen molar-refractivity contribution in [1.82, 2.24) is 4.98 Å². The Bertz CT molecular complexity index is 1110. The number of hydrogen-bond donors (Lipinski definition) is 1. The van der Waals surface area contributed by atoms with Crippen LogP contribution in [0.5, 0.6) is 5.75 Å². The van der Waals surface area contributed by atoms with Crippen molar-refractivity contribution in [2.24, 2.45) is 11.8 Å². The van der Waals surface area contributed by atoms with E-state index in [0.29, 0.717) is 24.8 Å². The maximum atomic E-state index is 13.5. The summed E-state index contributed by atoms with van der Waals surface area (Å²) in [5.41, 5.74) is -2.62. The van der Waals surface area contributed by atoms with Gasteiger partial charge in [-0.2, -0.15) is 0 Å². The van der Waals surface area contributed by atoms with Crippen LogP contribution in [-0.4, -0.2) is 39.1 Å². The Morgan fingerprint density at radius 3 is 2.75 bits per heavy atom. The van der Waals surface area contributed by atoms with Crippen LogP contribution in [0.15, 0.2) is 39.8 Å². The third-order valence-corrected chi connectivity index (χ3v) is 7.01. The van der Waals surface area contributed by atoms with Gasteiger partial charge in [0.2, 0.25) is 0 Å². The number of esters is 1. The molecule has 0 spiro atoms. The summed E-state index contributed by atoms with van der Waals surface area (Å²) >= 11 is 0. The Morgan fingerprint density at radius 2 is 2.12 bits per heavy atom. The van der Waals surface area contributed by atoms with E-state index in [2.05, 4.69) is 4.98 Å². The Balaban J connectivity index is 1.82. The Kier molecular flexibility index (Phi) is 5.45. The molecule has 1 aliphatic carbocycles. The van der Waals surface area contributed by atoms with Gasteiger partial charge in [0.25, 0.3) is 0 Å². The van der Waals surface area contributed by atoms with Gasteiger partial charge in [-0.25, -0.2) is 4.79 Å². The van der Waals surface area contributed by atoms with E-state index in [4.69, 9.17) is 13.9 Å². The van der Waals surface area contributed by atoms with Crippen LogP contribution in [0.4, 0.5) is 0 Å². The number of carbonyl (C=O) groups is 2. The summed E-state index contributed by atoms with van der Waals surface area (Å²) in [5, 5.41) is 10.9. The minimum absolute atomic E-state index is 0.0988. The zero-order valence-corrected chi connectivity index (χ0v) is 18.6. The molecule has 8 nitrogen and oxygen atoms in total. The number of nitrogens with zero attached hydrogens (tertiary/aromatic N) is 1. The highest BCUT2D eigenvalue weighted by Crippen LogP contribution is 2.50. The molecule has 32 heavy (non-hydrogen) atoms. The van der Waals surface area contributed by atoms with Gasteiger partial charge >= 0.3 is 11.6 Å². The maximum Gasteiger partial charge on any atom is 0.351 e. The zero-order valence-electron chi connectivity index (χ0n) is 18.6. The molecule has 2 aliphatic rings. The van der Waals surface area contributed by atoms with Gasteiger partial charge in [-0.1, -0.05) is 6.92 Å². The van der Waals surface area contributed by atoms with Crippen LogP contribution < -0.4 is 10.4 Å². The molecule has 4 rings (SSSR count). The van der Waals surface area contributed by atoms with Crippen molar-refractivity contribution >= 4 is 11.8 Å². The van der Waals surface area contributed by atoms with E-state index in [1.807, 2.05) is 6.92 Å². The van der Waals surface area contributed by atoms with E-state index in [1.165, 1.54) is 13.0 Å². The highest BCUT2D eigenvalue weighted by molar-refractivity contribution is 6.02. The fourth-order valence-electron chi connectivity index (χ4n) is 4.83. The highest BCUT2D eigenvalue weighted by Gasteiger charge is 2.59. The molecule has 0 saturated heterocycles. The van der Waals surface area contributed by atoms with Crippen molar-refractivity contribution < 1.29 is 28.6 Å². The average Bonchev–Trinajstić information content (AvgIpc) is 2.74. The van der Waals surface area contributed by atoms with Crippen LogP contribution in [0, 0.1) is 11.8 Å². The summed E-state index contributed by atoms with van der Waals surface area (Å²) in [6, 6.07) is 4.94. The van der Waals surface area contributed by atoms with Gasteiger partial charge in [-0.15, -0.1) is 0 Å². The molecule has 8 heteroatoms. The summed E-state index contributed by atoms with van der Waals surface area (Å²) in [6.45, 7) is 6.59. The number of hydrogen-bond acceptors (Lipinski definition) is 8. The van der Waals surface area contributed by atoms with Gasteiger partial charge < -0.3 is 19.0 Å². The summed E-state index contributed by atoms with van der Waals surface area (Å²) in [4.78, 5) is 42.3. The molecule has 1 unspecified atom stereocenters. The standard InChI is InChI=1S/C24H27NO7/c1-5-23(3,29)15-9-16-21(27)20-18(32-24(16,4)19(10-15)30-13(2)26)11-17(31-22(20)28)14-7-6-8-25-12-14/h6-8,11-12,15-16,19,29H,5,9-10H2,1-4H3/t15-,16-,19-,23?,24-/m1/s1. The molecular formula is C24H27NO7. The third kappa shape index (κ3) is 3.62. The number of Topliss-reactive ketones (excluding diaryl/α,β-unsaturated/α-hetero) is 1. The number of aliphatic hydroxyl groups is 1. The number of ketones is 1. The molecular weight excluding hydrogens is 414 g/mol. The third-order valence-electron chi connectivity index (χ3n) is 7.01. The minimum atomic E-state index is -1.18. The van der Waals surface area contributed by atoms with Gasteiger partial charge in [0, 0.05) is 30.9 Å². The van der Waals surface area contributed by atoms with E-state index in [1.54, 1.807) is 38.4 Å². The first-order chi connectivity index (χ1) is 15.1.